The molecule has 1 aliphatic heterocycles. The zero-order valence-corrected chi connectivity index (χ0v) is 14.3. The highest BCUT2D eigenvalue weighted by molar-refractivity contribution is 6.39. The van der Waals surface area contributed by atoms with Crippen LogP contribution in [0.5, 0.6) is 0 Å². The number of rotatable bonds is 2. The second-order valence-corrected chi connectivity index (χ2v) is 6.15. The van der Waals surface area contributed by atoms with Crippen molar-refractivity contribution in [1.29, 1.82) is 0 Å². The van der Waals surface area contributed by atoms with Crippen molar-refractivity contribution in [2.24, 2.45) is 7.05 Å². The smallest absolute Gasteiger partial charge is 0.335 e. The molecule has 0 unspecified atom stereocenters. The van der Waals surface area contributed by atoms with Crippen LogP contribution in [0.15, 0.2) is 60.3 Å². The molecule has 0 atom stereocenters. The molecule has 4 amide bonds. The Morgan fingerprint density at radius 2 is 1.70 bits per heavy atom. The lowest BCUT2D eigenvalue weighted by atomic mass is 10.1. The second-order valence-electron chi connectivity index (χ2n) is 6.15. The van der Waals surface area contributed by atoms with Crippen molar-refractivity contribution < 1.29 is 18.8 Å². The Kier molecular flexibility index (Phi) is 3.84. The molecule has 0 spiro atoms. The highest BCUT2D eigenvalue weighted by Crippen LogP contribution is 2.26. The number of nitrogens with one attached hydrogen (secondary N) is 1. The molecule has 1 N–H and O–H groups in total. The molecule has 2 aromatic carbocycles. The number of para-hydroxylation sites is 1. The fourth-order valence-corrected chi connectivity index (χ4v) is 3.13. The van der Waals surface area contributed by atoms with E-state index in [0.29, 0.717) is 5.56 Å². The number of amides is 4. The lowest BCUT2D eigenvalue weighted by Crippen LogP contribution is -2.54. The van der Waals surface area contributed by atoms with Gasteiger partial charge in [0.15, 0.2) is 0 Å². The molecule has 7 heteroatoms. The molecular weight excluding hydrogens is 349 g/mol. The van der Waals surface area contributed by atoms with Gasteiger partial charge in [-0.1, -0.05) is 18.2 Å². The van der Waals surface area contributed by atoms with Crippen LogP contribution in [0.4, 0.5) is 14.9 Å². The van der Waals surface area contributed by atoms with Crippen molar-refractivity contribution in [2.75, 3.05) is 4.90 Å². The quantitative estimate of drug-likeness (QED) is 0.562. The third-order valence-corrected chi connectivity index (χ3v) is 4.41. The minimum Gasteiger partial charge on any atom is -0.350 e. The highest BCUT2D eigenvalue weighted by atomic mass is 19.1. The van der Waals surface area contributed by atoms with Gasteiger partial charge in [0.2, 0.25) is 0 Å². The van der Waals surface area contributed by atoms with E-state index in [1.807, 2.05) is 35.9 Å². The number of hydrogen-bond acceptors (Lipinski definition) is 3. The van der Waals surface area contributed by atoms with Gasteiger partial charge in [0.05, 0.1) is 5.69 Å². The molecule has 3 aromatic rings. The van der Waals surface area contributed by atoms with E-state index in [1.54, 1.807) is 6.20 Å². The molecule has 0 radical (unpaired) electrons. The Morgan fingerprint density at radius 3 is 2.44 bits per heavy atom. The Balaban J connectivity index is 1.80. The summed E-state index contributed by atoms with van der Waals surface area (Å²) >= 11 is 0. The fraction of sp³-hybridized carbons (Fsp3) is 0.0500. The number of benzene rings is 2. The largest absolute Gasteiger partial charge is 0.350 e. The predicted molar refractivity (Wildman–Crippen MR) is 98.3 cm³/mol. The number of urea groups is 1. The number of carbonyl (C=O) groups excluding carboxylic acids is 3. The second kappa shape index (κ2) is 6.21. The number of aromatic nitrogens is 1. The zero-order valence-electron chi connectivity index (χ0n) is 14.3. The first-order valence-corrected chi connectivity index (χ1v) is 8.17. The molecule has 27 heavy (non-hydrogen) atoms. The van der Waals surface area contributed by atoms with Crippen LogP contribution in [0, 0.1) is 5.82 Å². The third-order valence-electron chi connectivity index (χ3n) is 4.41. The van der Waals surface area contributed by atoms with Crippen molar-refractivity contribution in [3.05, 3.63) is 71.7 Å². The van der Waals surface area contributed by atoms with Crippen molar-refractivity contribution >= 4 is 40.5 Å². The standard InChI is InChI=1S/C20H14FN3O3/c1-23-11-12(15-4-2-3-5-17(15)23)10-16-18(25)22-20(27)24(19(16)26)14-8-6-13(21)7-9-14/h2-11H,1H3,(H,22,25,27)/b16-10+. The number of nitrogens with zero attached hydrogens (tertiary/aromatic N) is 2. The fourth-order valence-electron chi connectivity index (χ4n) is 3.13. The predicted octanol–water partition coefficient (Wildman–Crippen LogP) is 2.98. The van der Waals surface area contributed by atoms with E-state index in [2.05, 4.69) is 5.32 Å². The van der Waals surface area contributed by atoms with Gasteiger partial charge in [0.1, 0.15) is 11.4 Å². The summed E-state index contributed by atoms with van der Waals surface area (Å²) in [4.78, 5) is 38.1. The van der Waals surface area contributed by atoms with Gasteiger partial charge in [-0.15, -0.1) is 0 Å². The number of carbonyl (C=O) groups is 3. The Bertz CT molecular complexity index is 1130. The first-order valence-electron chi connectivity index (χ1n) is 8.17. The maximum Gasteiger partial charge on any atom is 0.335 e. The van der Waals surface area contributed by atoms with E-state index in [-0.39, 0.29) is 11.3 Å². The van der Waals surface area contributed by atoms with Gasteiger partial charge in [-0.2, -0.15) is 0 Å². The normalized spacial score (nSPS) is 16.3. The minimum atomic E-state index is -0.869. The number of fused-ring (bicyclic) bond motifs is 1. The summed E-state index contributed by atoms with van der Waals surface area (Å²) in [6, 6.07) is 11.6. The van der Waals surface area contributed by atoms with Crippen molar-refractivity contribution in [1.82, 2.24) is 9.88 Å². The average molecular weight is 363 g/mol. The van der Waals surface area contributed by atoms with Gasteiger partial charge >= 0.3 is 6.03 Å². The zero-order chi connectivity index (χ0) is 19.1. The van der Waals surface area contributed by atoms with Gasteiger partial charge < -0.3 is 4.57 Å². The van der Waals surface area contributed by atoms with E-state index >= 15 is 0 Å². The average Bonchev–Trinajstić information content (AvgIpc) is 2.96. The molecule has 0 aliphatic carbocycles. The Hall–Kier alpha value is -3.74. The Morgan fingerprint density at radius 1 is 1.00 bits per heavy atom. The number of aryl methyl sites for hydroxylation is 1. The third kappa shape index (κ3) is 2.79. The monoisotopic (exact) mass is 363 g/mol. The summed E-state index contributed by atoms with van der Waals surface area (Å²) in [6.45, 7) is 0. The van der Waals surface area contributed by atoms with E-state index < -0.39 is 23.7 Å². The molecule has 6 nitrogen and oxygen atoms in total. The van der Waals surface area contributed by atoms with Crippen LogP contribution >= 0.6 is 0 Å². The molecule has 0 bridgehead atoms. The highest BCUT2D eigenvalue weighted by Gasteiger charge is 2.36. The molecule has 2 heterocycles. The van der Waals surface area contributed by atoms with Crippen molar-refractivity contribution in [3.63, 3.8) is 0 Å². The summed E-state index contributed by atoms with van der Waals surface area (Å²) in [5, 5.41) is 3.03. The summed E-state index contributed by atoms with van der Waals surface area (Å²) in [6.07, 6.45) is 3.26. The molecule has 1 saturated heterocycles. The first-order chi connectivity index (χ1) is 13.0. The maximum atomic E-state index is 13.2. The van der Waals surface area contributed by atoms with E-state index in [9.17, 15) is 18.8 Å². The van der Waals surface area contributed by atoms with Crippen molar-refractivity contribution in [3.8, 4) is 0 Å². The molecule has 1 aromatic heterocycles. The number of halogens is 1. The molecule has 134 valence electrons. The first kappa shape index (κ1) is 16.7. The molecule has 0 saturated carbocycles. The summed E-state index contributed by atoms with van der Waals surface area (Å²) < 4.78 is 15.0. The summed E-state index contributed by atoms with van der Waals surface area (Å²) in [5.74, 6) is -2.02. The van der Waals surface area contributed by atoms with Crippen LogP contribution in [0.1, 0.15) is 5.56 Å². The summed E-state index contributed by atoms with van der Waals surface area (Å²) in [7, 11) is 1.86. The van der Waals surface area contributed by atoms with Gasteiger partial charge in [-0.05, 0) is 36.4 Å². The number of anilines is 1. The van der Waals surface area contributed by atoms with Gasteiger partial charge in [0, 0.05) is 29.7 Å². The van der Waals surface area contributed by atoms with Crippen molar-refractivity contribution in [2.45, 2.75) is 0 Å². The van der Waals surface area contributed by atoms with E-state index in [4.69, 9.17) is 0 Å². The molecular formula is C20H14FN3O3. The van der Waals surface area contributed by atoms with Crippen LogP contribution in [0.2, 0.25) is 0 Å². The molecule has 4 rings (SSSR count). The van der Waals surface area contributed by atoms with Gasteiger partial charge in [-0.3, -0.25) is 14.9 Å². The number of imide groups is 2. The van der Waals surface area contributed by atoms with Gasteiger partial charge in [0.25, 0.3) is 11.8 Å². The van der Waals surface area contributed by atoms with E-state index in [1.165, 1.54) is 18.2 Å². The van der Waals surface area contributed by atoms with Crippen LogP contribution in [-0.4, -0.2) is 22.4 Å². The number of barbiturate groups is 1. The SMILES string of the molecule is Cn1cc(/C=C2\C(=O)NC(=O)N(c3ccc(F)cc3)C2=O)c2ccccc21. The van der Waals surface area contributed by atoms with Crippen LogP contribution < -0.4 is 10.2 Å². The van der Waals surface area contributed by atoms with Crippen LogP contribution in [0.25, 0.3) is 17.0 Å². The minimum absolute atomic E-state index is 0.171. The summed E-state index contributed by atoms with van der Waals surface area (Å²) in [5.41, 5.74) is 1.63. The molecule has 1 aliphatic rings. The Labute approximate surface area is 153 Å². The topological polar surface area (TPSA) is 71.4 Å². The van der Waals surface area contributed by atoms with E-state index in [0.717, 1.165) is 27.9 Å². The van der Waals surface area contributed by atoms with Gasteiger partial charge in [-0.25, -0.2) is 14.1 Å². The lowest BCUT2D eigenvalue weighted by molar-refractivity contribution is -0.122. The maximum absolute atomic E-state index is 13.2. The lowest BCUT2D eigenvalue weighted by Gasteiger charge is -2.26. The van der Waals surface area contributed by atoms with Crippen LogP contribution in [0.3, 0.4) is 0 Å². The van der Waals surface area contributed by atoms with Crippen LogP contribution in [-0.2, 0) is 16.6 Å². The molecule has 1 fully saturated rings. The number of hydrogen-bond donors (Lipinski definition) is 1.